The van der Waals surface area contributed by atoms with Crippen molar-refractivity contribution in [3.63, 3.8) is 0 Å². The van der Waals surface area contributed by atoms with Crippen LogP contribution in [0.2, 0.25) is 0 Å². The van der Waals surface area contributed by atoms with Crippen LogP contribution in [0, 0.1) is 0 Å². The van der Waals surface area contributed by atoms with Gasteiger partial charge < -0.3 is 20.1 Å². The van der Waals surface area contributed by atoms with Crippen molar-refractivity contribution in [2.24, 2.45) is 4.99 Å². The number of carbonyl (C=O) groups is 3. The average Bonchev–Trinajstić information content (AvgIpc) is 2.82. The first-order chi connectivity index (χ1) is 11.8. The number of rotatable bonds is 5. The van der Waals surface area contributed by atoms with Crippen LogP contribution in [0.3, 0.4) is 0 Å². The average molecular weight is 383 g/mol. The predicted octanol–water partition coefficient (Wildman–Crippen LogP) is -3.27. The molecule has 0 bridgehead atoms. The second-order valence-electron chi connectivity index (χ2n) is 6.56. The molecule has 2 aliphatic heterocycles. The maximum Gasteiger partial charge on any atom is 1.00 e. The van der Waals surface area contributed by atoms with Gasteiger partial charge in [-0.15, -0.1) is 11.8 Å². The molecule has 7 nitrogen and oxygen atoms in total. The van der Waals surface area contributed by atoms with Crippen LogP contribution in [-0.2, 0) is 14.4 Å². The van der Waals surface area contributed by atoms with Crippen molar-refractivity contribution >= 4 is 36.3 Å². The molecule has 0 spiro atoms. The van der Waals surface area contributed by atoms with Crippen LogP contribution >= 0.6 is 11.8 Å². The van der Waals surface area contributed by atoms with Gasteiger partial charge in [0.15, 0.2) is 6.04 Å². The topological polar surface area (TPSA) is 102 Å². The zero-order valence-electron chi connectivity index (χ0n) is 14.8. The summed E-state index contributed by atoms with van der Waals surface area (Å²) in [5.41, 5.74) is 0.672. The minimum absolute atomic E-state index is 0. The van der Waals surface area contributed by atoms with Crippen LogP contribution in [0.25, 0.3) is 0 Å². The third-order valence-corrected chi connectivity index (χ3v) is 6.08. The van der Waals surface area contributed by atoms with Gasteiger partial charge in [-0.05, 0) is 26.1 Å². The molecule has 2 saturated heterocycles. The molecule has 1 aromatic rings. The molecule has 0 aromatic heterocycles. The zero-order chi connectivity index (χ0) is 18.4. The maximum absolute atomic E-state index is 12.5. The van der Waals surface area contributed by atoms with Gasteiger partial charge in [0.25, 0.3) is 0 Å². The first kappa shape index (κ1) is 21.0. The number of aliphatic carboxylic acids is 1. The van der Waals surface area contributed by atoms with Gasteiger partial charge in [0.1, 0.15) is 11.4 Å². The van der Waals surface area contributed by atoms with E-state index in [2.05, 4.69) is 17.0 Å². The molecule has 2 amide bonds. The van der Waals surface area contributed by atoms with E-state index in [1.54, 1.807) is 38.1 Å². The fraction of sp³-hybridized carbons (Fsp3) is 0.412. The smallest absolute Gasteiger partial charge is 0.548 e. The first-order valence-electron chi connectivity index (χ1n) is 7.80. The third-order valence-electron chi connectivity index (χ3n) is 4.51. The zero-order valence-corrected chi connectivity index (χ0v) is 17.7. The molecule has 4 atom stereocenters. The Hall–Kier alpha value is -1.35. The summed E-state index contributed by atoms with van der Waals surface area (Å²) in [7, 11) is 0. The molecular weight excluding hydrogens is 365 g/mol. The molecule has 2 aliphatic rings. The van der Waals surface area contributed by atoms with Gasteiger partial charge >= 0.3 is 29.6 Å². The number of aliphatic imine (C=N–C) groups is 1. The number of fused-ring (bicyclic) bond motifs is 1. The van der Waals surface area contributed by atoms with E-state index < -0.39 is 46.0 Å². The Bertz CT molecular complexity index is 743. The van der Waals surface area contributed by atoms with Crippen molar-refractivity contribution in [1.82, 2.24) is 10.2 Å². The number of hydrogen-bond donors (Lipinski definition) is 1. The molecule has 3 rings (SSSR count). The molecule has 132 valence electrons. The van der Waals surface area contributed by atoms with Gasteiger partial charge in [0, 0.05) is 4.75 Å². The van der Waals surface area contributed by atoms with E-state index >= 15 is 0 Å². The summed E-state index contributed by atoms with van der Waals surface area (Å²) in [6.45, 7) is 6.96. The number of nitrogens with zero attached hydrogens (tertiary/aromatic N) is 2. The van der Waals surface area contributed by atoms with Crippen molar-refractivity contribution in [2.75, 3.05) is 0 Å². The van der Waals surface area contributed by atoms with Crippen LogP contribution in [0.4, 0.5) is 0 Å². The summed E-state index contributed by atoms with van der Waals surface area (Å²) < 4.78 is -0.686. The molecule has 0 aliphatic carbocycles. The molecule has 0 saturated carbocycles. The molecule has 9 heteroatoms. The largest absolute Gasteiger partial charge is 1.00 e. The molecule has 1 N–H and O–H groups in total. The third kappa shape index (κ3) is 3.43. The van der Waals surface area contributed by atoms with Crippen molar-refractivity contribution in [3.8, 4) is 0 Å². The van der Waals surface area contributed by atoms with Gasteiger partial charge in [-0.25, -0.2) is 0 Å². The van der Waals surface area contributed by atoms with E-state index in [1.807, 2.05) is 6.07 Å². The number of carbonyl (C=O) groups excluding carboxylic acids is 3. The van der Waals surface area contributed by atoms with E-state index in [0.717, 1.165) is 0 Å². The normalized spacial score (nSPS) is 26.8. The van der Waals surface area contributed by atoms with Crippen molar-refractivity contribution in [2.45, 2.75) is 42.1 Å². The van der Waals surface area contributed by atoms with E-state index in [9.17, 15) is 19.5 Å². The molecular formula is C17H18N3NaO4S. The number of carboxylic acid groups (broad SMARTS) is 1. The van der Waals surface area contributed by atoms with Crippen LogP contribution in [0.1, 0.15) is 25.5 Å². The predicted molar refractivity (Wildman–Crippen MR) is 91.8 cm³/mol. The Morgan fingerprint density at radius 1 is 1.35 bits per heavy atom. The second kappa shape index (κ2) is 7.72. The summed E-state index contributed by atoms with van der Waals surface area (Å²) in [5.74, 6) is -2.14. The summed E-state index contributed by atoms with van der Waals surface area (Å²) in [5, 5.41) is 13.7. The van der Waals surface area contributed by atoms with Crippen molar-refractivity contribution in [1.29, 1.82) is 0 Å². The molecule has 2 heterocycles. The van der Waals surface area contributed by atoms with Crippen LogP contribution in [0.15, 0.2) is 35.3 Å². The molecule has 2 fully saturated rings. The first-order valence-corrected chi connectivity index (χ1v) is 8.68. The molecule has 0 unspecified atom stereocenters. The van der Waals surface area contributed by atoms with E-state index in [0.29, 0.717) is 5.56 Å². The molecule has 0 radical (unpaired) electrons. The number of amides is 2. The Morgan fingerprint density at radius 2 is 1.96 bits per heavy atom. The fourth-order valence-electron chi connectivity index (χ4n) is 3.33. The van der Waals surface area contributed by atoms with Crippen LogP contribution in [-0.4, -0.2) is 51.6 Å². The molecule has 26 heavy (non-hydrogen) atoms. The number of carboxylic acids is 1. The Balaban J connectivity index is 0.00000243. The standard InChI is InChI=1S/C17H19N3O4S.Na/c1-17(2)12(16(23)24)20-14(22)11(15(20)25-17)19-13(21)10(18-3)9-7-5-4-6-8-9;/h4-8,10-12,15H,3H2,1-2H3,(H,19,21)(H,23,24);/q;+1/p-1/t10-,11+,12-,15+;/m0./s1. The van der Waals surface area contributed by atoms with Gasteiger partial charge in [-0.1, -0.05) is 30.3 Å². The van der Waals surface area contributed by atoms with Gasteiger partial charge in [0.05, 0.1) is 12.0 Å². The quantitative estimate of drug-likeness (QED) is 0.327. The summed E-state index contributed by atoms with van der Waals surface area (Å²) in [6.07, 6.45) is 0. The van der Waals surface area contributed by atoms with Gasteiger partial charge in [0.2, 0.25) is 11.8 Å². The van der Waals surface area contributed by atoms with Gasteiger partial charge in [-0.3, -0.25) is 14.6 Å². The summed E-state index contributed by atoms with van der Waals surface area (Å²) in [4.78, 5) is 41.5. The van der Waals surface area contributed by atoms with Crippen molar-refractivity contribution in [3.05, 3.63) is 35.9 Å². The number of hydrogen-bond acceptors (Lipinski definition) is 6. The second-order valence-corrected chi connectivity index (χ2v) is 8.33. The number of β-lactam (4-membered cyclic amide) rings is 1. The number of benzene rings is 1. The number of nitrogens with one attached hydrogen (secondary N) is 1. The van der Waals surface area contributed by atoms with Crippen LogP contribution < -0.4 is 40.0 Å². The molecule has 1 aromatic carbocycles. The SMILES string of the molecule is C=N[C@H](C(=O)N[C@@H]1C(=O)N2[C@@H]1SC(C)(C)[C@@H]2C(=O)[O-])c1ccccc1.[Na+]. The Labute approximate surface area is 177 Å². The van der Waals surface area contributed by atoms with Crippen molar-refractivity contribution < 1.29 is 49.0 Å². The maximum atomic E-state index is 12.5. The van der Waals surface area contributed by atoms with E-state index in [-0.39, 0.29) is 29.6 Å². The summed E-state index contributed by atoms with van der Waals surface area (Å²) in [6, 6.07) is 6.32. The minimum Gasteiger partial charge on any atom is -0.548 e. The fourth-order valence-corrected chi connectivity index (χ4v) is 4.95. The van der Waals surface area contributed by atoms with Crippen LogP contribution in [0.5, 0.6) is 0 Å². The minimum atomic E-state index is -1.28. The van der Waals surface area contributed by atoms with E-state index in [1.165, 1.54) is 16.7 Å². The monoisotopic (exact) mass is 383 g/mol. The summed E-state index contributed by atoms with van der Waals surface area (Å²) >= 11 is 1.35. The Kier molecular flexibility index (Phi) is 6.22. The van der Waals surface area contributed by atoms with E-state index in [4.69, 9.17) is 0 Å². The van der Waals surface area contributed by atoms with Gasteiger partial charge in [-0.2, -0.15) is 0 Å². The Morgan fingerprint density at radius 3 is 2.50 bits per heavy atom. The number of thioether (sulfide) groups is 1.